The van der Waals surface area contributed by atoms with Crippen LogP contribution in [0.5, 0.6) is 0 Å². The highest BCUT2D eigenvalue weighted by atomic mass is 35.5. The molecule has 0 saturated carbocycles. The molecule has 0 bridgehead atoms. The lowest BCUT2D eigenvalue weighted by Crippen LogP contribution is -2.40. The van der Waals surface area contributed by atoms with Gasteiger partial charge in [0.05, 0.1) is 23.8 Å². The summed E-state index contributed by atoms with van der Waals surface area (Å²) in [5.74, 6) is -2.20. The van der Waals surface area contributed by atoms with Crippen LogP contribution in [0.1, 0.15) is 5.56 Å². The molecule has 0 spiro atoms. The summed E-state index contributed by atoms with van der Waals surface area (Å²) in [6, 6.07) is 9.66. The number of nitrogens with zero attached hydrogens (tertiary/aromatic N) is 1. The molecule has 0 atom stereocenters. The zero-order valence-electron chi connectivity index (χ0n) is 16.8. The summed E-state index contributed by atoms with van der Waals surface area (Å²) in [4.78, 5) is 23.8. The number of hydrogen-bond acceptors (Lipinski definition) is 6. The first-order valence-electron chi connectivity index (χ1n) is 9.53. The standard InChI is InChI=1S/C21H20ClFN2O6S/c22-16-4-7-18(23)19(13-16)24-20(26)14-31-21(27)8-3-15-1-5-17(6-2-15)32(28,29)25-9-11-30-12-10-25/h1-8,13H,9-12,14H2,(H,24,26)/b8-3+. The van der Waals surface area contributed by atoms with Gasteiger partial charge in [0.25, 0.3) is 5.91 Å². The summed E-state index contributed by atoms with van der Waals surface area (Å²) in [5, 5.41) is 2.50. The maximum Gasteiger partial charge on any atom is 0.331 e. The van der Waals surface area contributed by atoms with E-state index in [0.29, 0.717) is 31.9 Å². The van der Waals surface area contributed by atoms with Gasteiger partial charge in [0.1, 0.15) is 5.82 Å². The summed E-state index contributed by atoms with van der Waals surface area (Å²) in [6.07, 6.45) is 2.51. The molecule has 0 unspecified atom stereocenters. The predicted molar refractivity (Wildman–Crippen MR) is 116 cm³/mol. The summed E-state index contributed by atoms with van der Waals surface area (Å²) in [5.41, 5.74) is 0.439. The van der Waals surface area contributed by atoms with Crippen molar-refractivity contribution in [1.82, 2.24) is 4.31 Å². The van der Waals surface area contributed by atoms with E-state index in [0.717, 1.165) is 12.1 Å². The van der Waals surface area contributed by atoms with Gasteiger partial charge >= 0.3 is 5.97 Å². The molecule has 0 aromatic heterocycles. The van der Waals surface area contributed by atoms with E-state index in [4.69, 9.17) is 21.1 Å². The smallest absolute Gasteiger partial charge is 0.331 e. The number of carbonyl (C=O) groups excluding carboxylic acids is 2. The molecule has 1 N–H and O–H groups in total. The van der Waals surface area contributed by atoms with Gasteiger partial charge in [-0.25, -0.2) is 17.6 Å². The second kappa shape index (κ2) is 10.7. The van der Waals surface area contributed by atoms with E-state index >= 15 is 0 Å². The number of carbonyl (C=O) groups is 2. The van der Waals surface area contributed by atoms with Crippen LogP contribution in [0.4, 0.5) is 10.1 Å². The van der Waals surface area contributed by atoms with Crippen molar-refractivity contribution in [3.63, 3.8) is 0 Å². The van der Waals surface area contributed by atoms with E-state index in [1.807, 2.05) is 0 Å². The van der Waals surface area contributed by atoms with Crippen LogP contribution in [-0.2, 0) is 29.1 Å². The third-order valence-electron chi connectivity index (χ3n) is 4.45. The number of esters is 1. The zero-order chi connectivity index (χ0) is 23.1. The van der Waals surface area contributed by atoms with E-state index < -0.39 is 34.3 Å². The Hall–Kier alpha value is -2.79. The summed E-state index contributed by atoms with van der Waals surface area (Å²) in [6.45, 7) is 0.689. The van der Waals surface area contributed by atoms with Crippen molar-refractivity contribution in [2.75, 3.05) is 38.2 Å². The Morgan fingerprint density at radius 1 is 1.16 bits per heavy atom. The largest absolute Gasteiger partial charge is 0.452 e. The molecule has 11 heteroatoms. The highest BCUT2D eigenvalue weighted by molar-refractivity contribution is 7.89. The van der Waals surface area contributed by atoms with Gasteiger partial charge in [-0.1, -0.05) is 23.7 Å². The third-order valence-corrected chi connectivity index (χ3v) is 6.60. The topological polar surface area (TPSA) is 102 Å². The van der Waals surface area contributed by atoms with E-state index in [1.165, 1.54) is 34.6 Å². The SMILES string of the molecule is O=C(COC(=O)/C=C/c1ccc(S(=O)(=O)N2CCOCC2)cc1)Nc1cc(Cl)ccc1F. The molecule has 1 amide bonds. The van der Waals surface area contributed by atoms with Gasteiger partial charge in [0.2, 0.25) is 10.0 Å². The molecule has 2 aromatic carbocycles. The number of hydrogen-bond donors (Lipinski definition) is 1. The van der Waals surface area contributed by atoms with Crippen LogP contribution < -0.4 is 5.32 Å². The number of ether oxygens (including phenoxy) is 2. The predicted octanol–water partition coefficient (Wildman–Crippen LogP) is 2.70. The van der Waals surface area contributed by atoms with Crippen molar-refractivity contribution in [1.29, 1.82) is 0 Å². The molecule has 0 aliphatic carbocycles. The molecule has 1 fully saturated rings. The van der Waals surface area contributed by atoms with E-state index in [1.54, 1.807) is 12.1 Å². The number of sulfonamides is 1. The Labute approximate surface area is 189 Å². The molecule has 0 radical (unpaired) electrons. The van der Waals surface area contributed by atoms with Gasteiger partial charge in [-0.3, -0.25) is 4.79 Å². The number of benzene rings is 2. The summed E-state index contributed by atoms with van der Waals surface area (Å²) < 4.78 is 50.1. The van der Waals surface area contributed by atoms with Crippen molar-refractivity contribution in [3.05, 3.63) is 64.9 Å². The van der Waals surface area contributed by atoms with E-state index in [9.17, 15) is 22.4 Å². The lowest BCUT2D eigenvalue weighted by Gasteiger charge is -2.26. The second-order valence-electron chi connectivity index (χ2n) is 6.70. The van der Waals surface area contributed by atoms with Crippen molar-refractivity contribution in [2.45, 2.75) is 4.90 Å². The molecule has 1 heterocycles. The lowest BCUT2D eigenvalue weighted by atomic mass is 10.2. The Morgan fingerprint density at radius 3 is 2.53 bits per heavy atom. The molecular weight excluding hydrogens is 463 g/mol. The number of anilines is 1. The molecule has 1 saturated heterocycles. The maximum absolute atomic E-state index is 13.6. The molecule has 1 aliphatic rings. The Bertz CT molecular complexity index is 1120. The first kappa shape index (κ1) is 23.9. The molecule has 8 nitrogen and oxygen atoms in total. The van der Waals surface area contributed by atoms with Crippen molar-refractivity contribution < 1.29 is 31.9 Å². The minimum atomic E-state index is -3.60. The highest BCUT2D eigenvalue weighted by Crippen LogP contribution is 2.20. The van der Waals surface area contributed by atoms with Crippen LogP contribution in [0, 0.1) is 5.82 Å². The van der Waals surface area contributed by atoms with Gasteiger partial charge in [0, 0.05) is 24.2 Å². The van der Waals surface area contributed by atoms with E-state index in [-0.39, 0.29) is 15.6 Å². The Kier molecular flexibility index (Phi) is 7.97. The molecule has 32 heavy (non-hydrogen) atoms. The summed E-state index contributed by atoms with van der Waals surface area (Å²) >= 11 is 5.75. The molecule has 2 aromatic rings. The molecule has 170 valence electrons. The van der Waals surface area contributed by atoms with E-state index in [2.05, 4.69) is 5.32 Å². The molecular formula is C21H20ClFN2O6S. The Morgan fingerprint density at radius 2 is 1.84 bits per heavy atom. The van der Waals surface area contributed by atoms with Crippen LogP contribution in [0.15, 0.2) is 53.4 Å². The van der Waals surface area contributed by atoms with Gasteiger partial charge in [-0.05, 0) is 42.0 Å². The van der Waals surface area contributed by atoms with Gasteiger partial charge in [-0.2, -0.15) is 4.31 Å². The second-order valence-corrected chi connectivity index (χ2v) is 9.07. The average Bonchev–Trinajstić information content (AvgIpc) is 2.79. The molecule has 1 aliphatic heterocycles. The van der Waals surface area contributed by atoms with Crippen LogP contribution in [0.2, 0.25) is 5.02 Å². The fraction of sp³-hybridized carbons (Fsp3) is 0.238. The van der Waals surface area contributed by atoms with Crippen LogP contribution in [0.3, 0.4) is 0 Å². The summed E-state index contributed by atoms with van der Waals surface area (Å²) in [7, 11) is -3.60. The maximum atomic E-state index is 13.6. The fourth-order valence-electron chi connectivity index (χ4n) is 2.82. The van der Waals surface area contributed by atoms with Gasteiger partial charge in [-0.15, -0.1) is 0 Å². The normalized spacial score (nSPS) is 14.9. The van der Waals surface area contributed by atoms with Crippen molar-refractivity contribution in [2.24, 2.45) is 0 Å². The Balaban J connectivity index is 1.51. The number of morpholine rings is 1. The lowest BCUT2D eigenvalue weighted by molar-refractivity contribution is -0.142. The zero-order valence-corrected chi connectivity index (χ0v) is 18.4. The van der Waals surface area contributed by atoms with Crippen LogP contribution >= 0.6 is 11.6 Å². The molecule has 3 rings (SSSR count). The third kappa shape index (κ3) is 6.36. The first-order chi connectivity index (χ1) is 15.3. The monoisotopic (exact) mass is 482 g/mol. The number of halogens is 2. The van der Waals surface area contributed by atoms with Crippen molar-refractivity contribution >= 4 is 45.3 Å². The highest BCUT2D eigenvalue weighted by Gasteiger charge is 2.25. The quantitative estimate of drug-likeness (QED) is 0.481. The first-order valence-corrected chi connectivity index (χ1v) is 11.4. The minimum absolute atomic E-state index is 0.124. The number of nitrogens with one attached hydrogen (secondary N) is 1. The fourth-order valence-corrected chi connectivity index (χ4v) is 4.40. The van der Waals surface area contributed by atoms with Gasteiger partial charge < -0.3 is 14.8 Å². The number of amides is 1. The van der Waals surface area contributed by atoms with Gasteiger partial charge in [0.15, 0.2) is 6.61 Å². The minimum Gasteiger partial charge on any atom is -0.452 e. The number of rotatable bonds is 7. The van der Waals surface area contributed by atoms with Crippen molar-refractivity contribution in [3.8, 4) is 0 Å². The van der Waals surface area contributed by atoms with Crippen LogP contribution in [0.25, 0.3) is 6.08 Å². The average molecular weight is 483 g/mol. The van der Waals surface area contributed by atoms with Crippen LogP contribution in [-0.4, -0.2) is 57.5 Å².